The van der Waals surface area contributed by atoms with E-state index in [9.17, 15) is 18.0 Å². The first-order valence-corrected chi connectivity index (χ1v) is 9.93. The van der Waals surface area contributed by atoms with Crippen LogP contribution in [0.1, 0.15) is 34.0 Å². The number of rotatable bonds is 6. The molecule has 32 heavy (non-hydrogen) atoms. The number of alkyl halides is 3. The highest BCUT2D eigenvalue weighted by Crippen LogP contribution is 2.35. The average Bonchev–Trinajstić information content (AvgIpc) is 3.07. The van der Waals surface area contributed by atoms with E-state index in [-0.39, 0.29) is 18.1 Å². The summed E-state index contributed by atoms with van der Waals surface area (Å²) in [5.41, 5.74) is 1.06. The molecule has 7 heteroatoms. The van der Waals surface area contributed by atoms with Gasteiger partial charge in [0.25, 0.3) is 0 Å². The van der Waals surface area contributed by atoms with Gasteiger partial charge in [-0.1, -0.05) is 24.3 Å². The highest BCUT2D eigenvalue weighted by Gasteiger charge is 2.30. The number of carbonyl (C=O) groups is 1. The van der Waals surface area contributed by atoms with Gasteiger partial charge in [0.2, 0.25) is 5.78 Å². The molecular weight excluding hydrogens is 421 g/mol. The Labute approximate surface area is 182 Å². The van der Waals surface area contributed by atoms with Crippen molar-refractivity contribution in [2.45, 2.75) is 19.7 Å². The minimum atomic E-state index is -4.37. The van der Waals surface area contributed by atoms with Crippen molar-refractivity contribution in [3.8, 4) is 17.2 Å². The number of fused-ring (bicyclic) bond motifs is 1. The normalized spacial score (nSPS) is 14.2. The summed E-state index contributed by atoms with van der Waals surface area (Å²) in [6, 6.07) is 16.9. The molecule has 0 saturated carbocycles. The number of hydrogen-bond donors (Lipinski definition) is 0. The summed E-state index contributed by atoms with van der Waals surface area (Å²) in [5, 5.41) is 0. The Morgan fingerprint density at radius 1 is 0.938 bits per heavy atom. The molecule has 4 rings (SSSR count). The predicted molar refractivity (Wildman–Crippen MR) is 113 cm³/mol. The molecule has 1 aliphatic heterocycles. The van der Waals surface area contributed by atoms with Crippen LogP contribution in [0.25, 0.3) is 6.08 Å². The fourth-order valence-corrected chi connectivity index (χ4v) is 3.23. The zero-order valence-corrected chi connectivity index (χ0v) is 17.1. The molecule has 0 saturated heterocycles. The first kappa shape index (κ1) is 21.5. The molecule has 3 aromatic carbocycles. The Hall–Kier alpha value is -3.74. The van der Waals surface area contributed by atoms with Crippen molar-refractivity contribution in [1.82, 2.24) is 0 Å². The Balaban J connectivity index is 1.45. The van der Waals surface area contributed by atoms with Gasteiger partial charge in [0, 0.05) is 6.07 Å². The minimum absolute atomic E-state index is 0.110. The second-order valence-corrected chi connectivity index (χ2v) is 7.09. The molecular formula is C25H19F3O4. The number of halogens is 3. The van der Waals surface area contributed by atoms with Crippen LogP contribution in [0.4, 0.5) is 13.2 Å². The summed E-state index contributed by atoms with van der Waals surface area (Å²) in [4.78, 5) is 12.6. The third-order valence-corrected chi connectivity index (χ3v) is 4.80. The smallest absolute Gasteiger partial charge is 0.416 e. The summed E-state index contributed by atoms with van der Waals surface area (Å²) in [7, 11) is 0. The second kappa shape index (κ2) is 8.78. The molecule has 0 fully saturated rings. The van der Waals surface area contributed by atoms with Crippen LogP contribution in [0.2, 0.25) is 0 Å². The maximum Gasteiger partial charge on any atom is 0.416 e. The van der Waals surface area contributed by atoms with Gasteiger partial charge in [-0.3, -0.25) is 4.79 Å². The van der Waals surface area contributed by atoms with E-state index in [4.69, 9.17) is 14.2 Å². The monoisotopic (exact) mass is 440 g/mol. The number of benzene rings is 3. The molecule has 0 radical (unpaired) electrons. The van der Waals surface area contributed by atoms with E-state index in [0.29, 0.717) is 40.5 Å². The van der Waals surface area contributed by atoms with Crippen LogP contribution in [0, 0.1) is 0 Å². The molecule has 0 unspecified atom stereocenters. The molecule has 0 aliphatic carbocycles. The standard InChI is InChI=1S/C25H19F3O4/c1-2-30-20-10-11-21-22(14-20)32-23(24(21)29)13-17-4-3-5-19(12-17)31-15-16-6-8-18(9-7-16)25(26,27)28/h3-14H,2,15H2,1H3. The maximum atomic E-state index is 12.7. The Morgan fingerprint density at radius 2 is 1.69 bits per heavy atom. The molecule has 0 spiro atoms. The molecule has 1 aliphatic rings. The number of hydrogen-bond acceptors (Lipinski definition) is 4. The lowest BCUT2D eigenvalue weighted by Gasteiger charge is -2.09. The quantitative estimate of drug-likeness (QED) is 0.422. The highest BCUT2D eigenvalue weighted by molar-refractivity contribution is 6.14. The SMILES string of the molecule is CCOc1ccc2c(c1)OC(=Cc1cccc(OCc3ccc(C(F)(F)F)cc3)c1)C2=O. The maximum absolute atomic E-state index is 12.7. The minimum Gasteiger partial charge on any atom is -0.494 e. The summed E-state index contributed by atoms with van der Waals surface area (Å²) in [5.74, 6) is 1.55. The number of allylic oxidation sites excluding steroid dienone is 1. The predicted octanol–water partition coefficient (Wildman–Crippen LogP) is 6.30. The van der Waals surface area contributed by atoms with Crippen LogP contribution in [0.5, 0.6) is 17.2 Å². The van der Waals surface area contributed by atoms with E-state index in [2.05, 4.69) is 0 Å². The van der Waals surface area contributed by atoms with Gasteiger partial charge in [0.1, 0.15) is 23.9 Å². The zero-order chi connectivity index (χ0) is 22.7. The lowest BCUT2D eigenvalue weighted by atomic mass is 10.1. The topological polar surface area (TPSA) is 44.8 Å². The summed E-state index contributed by atoms with van der Waals surface area (Å²) < 4.78 is 54.9. The van der Waals surface area contributed by atoms with E-state index in [0.717, 1.165) is 12.1 Å². The first-order valence-electron chi connectivity index (χ1n) is 9.93. The van der Waals surface area contributed by atoms with Crippen LogP contribution >= 0.6 is 0 Å². The van der Waals surface area contributed by atoms with Crippen molar-refractivity contribution in [2.24, 2.45) is 0 Å². The van der Waals surface area contributed by atoms with Crippen LogP contribution in [-0.4, -0.2) is 12.4 Å². The molecule has 164 valence electrons. The van der Waals surface area contributed by atoms with Gasteiger partial charge >= 0.3 is 6.18 Å². The van der Waals surface area contributed by atoms with E-state index < -0.39 is 11.7 Å². The van der Waals surface area contributed by atoms with E-state index in [1.54, 1.807) is 48.5 Å². The van der Waals surface area contributed by atoms with Crippen LogP contribution in [-0.2, 0) is 12.8 Å². The van der Waals surface area contributed by atoms with Crippen LogP contribution in [0.3, 0.4) is 0 Å². The number of Topliss-reactive ketones (excluding diaryl/α,β-unsaturated/α-hetero) is 1. The molecule has 0 aromatic heterocycles. The molecule has 4 nitrogen and oxygen atoms in total. The largest absolute Gasteiger partial charge is 0.494 e. The van der Waals surface area contributed by atoms with Gasteiger partial charge < -0.3 is 14.2 Å². The molecule has 1 heterocycles. The van der Waals surface area contributed by atoms with Gasteiger partial charge in [0.05, 0.1) is 17.7 Å². The third-order valence-electron chi connectivity index (χ3n) is 4.80. The Morgan fingerprint density at radius 3 is 2.41 bits per heavy atom. The molecule has 3 aromatic rings. The Kier molecular flexibility index (Phi) is 5.90. The van der Waals surface area contributed by atoms with Gasteiger partial charge in [0.15, 0.2) is 5.76 Å². The van der Waals surface area contributed by atoms with E-state index in [1.807, 2.05) is 6.92 Å². The summed E-state index contributed by atoms with van der Waals surface area (Å²) in [6.07, 6.45) is -2.75. The van der Waals surface area contributed by atoms with E-state index in [1.165, 1.54) is 12.1 Å². The lowest BCUT2D eigenvalue weighted by Crippen LogP contribution is -2.05. The first-order chi connectivity index (χ1) is 15.3. The van der Waals surface area contributed by atoms with Crippen molar-refractivity contribution in [2.75, 3.05) is 6.61 Å². The average molecular weight is 440 g/mol. The molecule has 0 bridgehead atoms. The number of carbonyl (C=O) groups excluding carboxylic acids is 1. The van der Waals surface area contributed by atoms with Crippen molar-refractivity contribution in [3.63, 3.8) is 0 Å². The van der Waals surface area contributed by atoms with Gasteiger partial charge in [-0.15, -0.1) is 0 Å². The zero-order valence-electron chi connectivity index (χ0n) is 17.1. The van der Waals surface area contributed by atoms with Crippen molar-refractivity contribution >= 4 is 11.9 Å². The van der Waals surface area contributed by atoms with E-state index >= 15 is 0 Å². The van der Waals surface area contributed by atoms with Crippen LogP contribution in [0.15, 0.2) is 72.5 Å². The molecule has 0 amide bonds. The van der Waals surface area contributed by atoms with Crippen molar-refractivity contribution in [1.29, 1.82) is 0 Å². The van der Waals surface area contributed by atoms with Crippen LogP contribution < -0.4 is 14.2 Å². The summed E-state index contributed by atoms with van der Waals surface area (Å²) >= 11 is 0. The highest BCUT2D eigenvalue weighted by atomic mass is 19.4. The summed E-state index contributed by atoms with van der Waals surface area (Å²) in [6.45, 7) is 2.49. The molecule has 0 atom stereocenters. The fourth-order valence-electron chi connectivity index (χ4n) is 3.23. The molecule has 0 N–H and O–H groups in total. The van der Waals surface area contributed by atoms with Crippen molar-refractivity contribution < 1.29 is 32.2 Å². The third kappa shape index (κ3) is 4.77. The fraction of sp³-hybridized carbons (Fsp3) is 0.160. The van der Waals surface area contributed by atoms with Gasteiger partial charge in [-0.25, -0.2) is 0 Å². The lowest BCUT2D eigenvalue weighted by molar-refractivity contribution is -0.137. The Bertz CT molecular complexity index is 1160. The van der Waals surface area contributed by atoms with Gasteiger partial charge in [-0.05, 0) is 60.5 Å². The number of ketones is 1. The second-order valence-electron chi connectivity index (χ2n) is 7.09. The van der Waals surface area contributed by atoms with Gasteiger partial charge in [-0.2, -0.15) is 13.2 Å². The number of ether oxygens (including phenoxy) is 3. The van der Waals surface area contributed by atoms with Crippen molar-refractivity contribution in [3.05, 3.63) is 94.7 Å².